The topological polar surface area (TPSA) is 78.4 Å². The molecule has 0 spiro atoms. The molecular formula is C13H13F3N2O3. The smallest absolute Gasteiger partial charge is 0.416 e. The molecule has 1 aromatic carbocycles. The number of urea groups is 1. The molecule has 1 unspecified atom stereocenters. The van der Waals surface area contributed by atoms with Crippen LogP contribution in [0.2, 0.25) is 0 Å². The van der Waals surface area contributed by atoms with Crippen LogP contribution >= 0.6 is 0 Å². The molecule has 0 aliphatic rings. The van der Waals surface area contributed by atoms with E-state index >= 15 is 0 Å². The monoisotopic (exact) mass is 302 g/mol. The Morgan fingerprint density at radius 1 is 1.29 bits per heavy atom. The van der Waals surface area contributed by atoms with Crippen molar-refractivity contribution in [3.8, 4) is 0 Å². The molecule has 0 radical (unpaired) electrons. The van der Waals surface area contributed by atoms with Gasteiger partial charge in [-0.15, -0.1) is 6.58 Å². The summed E-state index contributed by atoms with van der Waals surface area (Å²) in [6, 6.07) is 1.79. The number of alkyl halides is 3. The largest absolute Gasteiger partial charge is 0.480 e. The molecular weight excluding hydrogens is 289 g/mol. The maximum atomic E-state index is 12.4. The van der Waals surface area contributed by atoms with Crippen LogP contribution in [-0.4, -0.2) is 23.1 Å². The van der Waals surface area contributed by atoms with E-state index in [9.17, 15) is 22.8 Å². The van der Waals surface area contributed by atoms with E-state index in [1.165, 1.54) is 6.08 Å². The fourth-order valence-electron chi connectivity index (χ4n) is 1.46. The maximum Gasteiger partial charge on any atom is 0.416 e. The fraction of sp³-hybridized carbons (Fsp3) is 0.231. The van der Waals surface area contributed by atoms with Gasteiger partial charge in [0.2, 0.25) is 0 Å². The molecule has 0 aromatic heterocycles. The molecule has 114 valence electrons. The van der Waals surface area contributed by atoms with Crippen LogP contribution in [0.25, 0.3) is 0 Å². The first-order valence-corrected chi connectivity index (χ1v) is 5.82. The van der Waals surface area contributed by atoms with Crippen molar-refractivity contribution in [1.29, 1.82) is 0 Å². The first-order valence-electron chi connectivity index (χ1n) is 5.82. The molecule has 3 N–H and O–H groups in total. The van der Waals surface area contributed by atoms with Crippen LogP contribution in [0, 0.1) is 0 Å². The van der Waals surface area contributed by atoms with Gasteiger partial charge in [0.25, 0.3) is 0 Å². The average Bonchev–Trinajstić information content (AvgIpc) is 2.37. The second-order valence-electron chi connectivity index (χ2n) is 4.09. The average molecular weight is 302 g/mol. The van der Waals surface area contributed by atoms with Crippen molar-refractivity contribution in [2.45, 2.75) is 18.6 Å². The van der Waals surface area contributed by atoms with Crippen LogP contribution in [0.1, 0.15) is 12.0 Å². The molecule has 0 aliphatic heterocycles. The minimum absolute atomic E-state index is 0.0236. The summed E-state index contributed by atoms with van der Waals surface area (Å²) >= 11 is 0. The fourth-order valence-corrected chi connectivity index (χ4v) is 1.46. The van der Waals surface area contributed by atoms with E-state index in [1.807, 2.05) is 0 Å². The van der Waals surface area contributed by atoms with Crippen molar-refractivity contribution in [3.05, 3.63) is 42.5 Å². The lowest BCUT2D eigenvalue weighted by molar-refractivity contribution is -0.139. The normalized spacial score (nSPS) is 12.3. The van der Waals surface area contributed by atoms with Gasteiger partial charge >= 0.3 is 18.2 Å². The zero-order valence-corrected chi connectivity index (χ0v) is 10.8. The Labute approximate surface area is 118 Å². The van der Waals surface area contributed by atoms with Crippen LogP contribution in [0.15, 0.2) is 36.9 Å². The van der Waals surface area contributed by atoms with E-state index in [0.717, 1.165) is 24.3 Å². The predicted molar refractivity (Wildman–Crippen MR) is 69.8 cm³/mol. The molecule has 21 heavy (non-hydrogen) atoms. The molecule has 1 atom stereocenters. The van der Waals surface area contributed by atoms with Gasteiger partial charge in [0.05, 0.1) is 5.56 Å². The molecule has 0 fully saturated rings. The van der Waals surface area contributed by atoms with E-state index in [4.69, 9.17) is 5.11 Å². The number of carboxylic acids is 1. The van der Waals surface area contributed by atoms with Crippen molar-refractivity contribution in [2.24, 2.45) is 0 Å². The molecule has 0 aliphatic carbocycles. The van der Waals surface area contributed by atoms with Crippen molar-refractivity contribution >= 4 is 17.7 Å². The molecule has 8 heteroatoms. The number of nitrogens with one attached hydrogen (secondary N) is 2. The van der Waals surface area contributed by atoms with E-state index in [2.05, 4.69) is 17.2 Å². The number of rotatable bonds is 5. The lowest BCUT2D eigenvalue weighted by Gasteiger charge is -2.14. The summed E-state index contributed by atoms with van der Waals surface area (Å²) in [4.78, 5) is 22.4. The number of carboxylic acid groups (broad SMARTS) is 1. The van der Waals surface area contributed by atoms with E-state index in [1.54, 1.807) is 0 Å². The number of hydrogen-bond acceptors (Lipinski definition) is 2. The van der Waals surface area contributed by atoms with Gasteiger partial charge in [-0.25, -0.2) is 9.59 Å². The van der Waals surface area contributed by atoms with Gasteiger partial charge in [-0.1, -0.05) is 6.08 Å². The second kappa shape index (κ2) is 6.78. The van der Waals surface area contributed by atoms with Gasteiger partial charge in [-0.3, -0.25) is 0 Å². The van der Waals surface area contributed by atoms with E-state index < -0.39 is 29.8 Å². The molecule has 0 saturated carbocycles. The first-order chi connectivity index (χ1) is 9.74. The van der Waals surface area contributed by atoms with Gasteiger partial charge in [0.1, 0.15) is 6.04 Å². The van der Waals surface area contributed by atoms with Crippen LogP contribution in [0.3, 0.4) is 0 Å². The minimum Gasteiger partial charge on any atom is -0.480 e. The highest BCUT2D eigenvalue weighted by Gasteiger charge is 2.30. The van der Waals surface area contributed by atoms with Crippen LogP contribution in [0.4, 0.5) is 23.7 Å². The molecule has 0 bridgehead atoms. The zero-order chi connectivity index (χ0) is 16.0. The van der Waals surface area contributed by atoms with E-state index in [-0.39, 0.29) is 12.1 Å². The summed E-state index contributed by atoms with van der Waals surface area (Å²) in [5.41, 5.74) is -0.730. The van der Waals surface area contributed by atoms with Crippen molar-refractivity contribution in [2.75, 3.05) is 5.32 Å². The highest BCUT2D eigenvalue weighted by molar-refractivity contribution is 5.92. The van der Waals surface area contributed by atoms with Gasteiger partial charge in [0.15, 0.2) is 0 Å². The van der Waals surface area contributed by atoms with Crippen molar-refractivity contribution < 1.29 is 27.9 Å². The Bertz CT molecular complexity index is 526. The molecule has 1 aromatic rings. The molecule has 2 amide bonds. The van der Waals surface area contributed by atoms with Crippen LogP contribution in [-0.2, 0) is 11.0 Å². The number of carbonyl (C=O) groups excluding carboxylic acids is 1. The summed E-state index contributed by atoms with van der Waals surface area (Å²) in [6.45, 7) is 3.37. The van der Waals surface area contributed by atoms with E-state index in [0.29, 0.717) is 0 Å². The summed E-state index contributed by atoms with van der Waals surface area (Å²) < 4.78 is 37.1. The van der Waals surface area contributed by atoms with Crippen molar-refractivity contribution in [1.82, 2.24) is 5.32 Å². The lowest BCUT2D eigenvalue weighted by atomic mass is 10.2. The summed E-state index contributed by atoms with van der Waals surface area (Å²) in [6.07, 6.45) is -3.11. The quantitative estimate of drug-likeness (QED) is 0.732. The Hall–Kier alpha value is -2.51. The van der Waals surface area contributed by atoms with Gasteiger partial charge in [0, 0.05) is 5.69 Å². The Morgan fingerprint density at radius 3 is 2.29 bits per heavy atom. The number of halogens is 3. The third-order valence-corrected chi connectivity index (χ3v) is 2.48. The zero-order valence-electron chi connectivity index (χ0n) is 10.8. The standard InChI is InChI=1S/C13H13F3N2O3/c1-2-3-10(11(19)20)18-12(21)17-9-6-4-8(5-7-9)13(14,15)16/h2,4-7,10H,1,3H2,(H,19,20)(H2,17,18,21). The highest BCUT2D eigenvalue weighted by atomic mass is 19.4. The first kappa shape index (κ1) is 16.5. The van der Waals surface area contributed by atoms with Crippen LogP contribution in [0.5, 0.6) is 0 Å². The number of hydrogen-bond donors (Lipinski definition) is 3. The predicted octanol–water partition coefficient (Wildman–Crippen LogP) is 2.86. The second-order valence-corrected chi connectivity index (χ2v) is 4.09. The van der Waals surface area contributed by atoms with Gasteiger partial charge in [-0.05, 0) is 30.7 Å². The molecule has 0 saturated heterocycles. The lowest BCUT2D eigenvalue weighted by Crippen LogP contribution is -2.42. The number of anilines is 1. The highest BCUT2D eigenvalue weighted by Crippen LogP contribution is 2.29. The third kappa shape index (κ3) is 5.17. The number of aliphatic carboxylic acids is 1. The Kier molecular flexibility index (Phi) is 5.34. The number of carbonyl (C=O) groups is 2. The summed E-state index contributed by atoms with van der Waals surface area (Å²) in [7, 11) is 0. The minimum atomic E-state index is -4.46. The van der Waals surface area contributed by atoms with Crippen molar-refractivity contribution in [3.63, 3.8) is 0 Å². The summed E-state index contributed by atoms with van der Waals surface area (Å²) in [5.74, 6) is -1.24. The number of amides is 2. The maximum absolute atomic E-state index is 12.4. The van der Waals surface area contributed by atoms with Crippen LogP contribution < -0.4 is 10.6 Å². The van der Waals surface area contributed by atoms with Gasteiger partial charge in [-0.2, -0.15) is 13.2 Å². The molecule has 5 nitrogen and oxygen atoms in total. The summed E-state index contributed by atoms with van der Waals surface area (Å²) in [5, 5.41) is 13.2. The Morgan fingerprint density at radius 2 is 1.86 bits per heavy atom. The SMILES string of the molecule is C=CCC(NC(=O)Nc1ccc(C(F)(F)F)cc1)C(=O)O. The third-order valence-electron chi connectivity index (χ3n) is 2.48. The molecule has 1 rings (SSSR count). The Balaban J connectivity index is 2.66. The van der Waals surface area contributed by atoms with Gasteiger partial charge < -0.3 is 15.7 Å². The number of benzene rings is 1. The molecule has 0 heterocycles.